The Hall–Kier alpha value is -0.540. The highest BCUT2D eigenvalue weighted by atomic mass is 16.5. The fourth-order valence-electron chi connectivity index (χ4n) is 3.66. The van der Waals surface area contributed by atoms with Gasteiger partial charge >= 0.3 is 0 Å². The van der Waals surface area contributed by atoms with E-state index >= 15 is 0 Å². The van der Waals surface area contributed by atoms with Gasteiger partial charge in [-0.25, -0.2) is 0 Å². The molecule has 2 rings (SSSR count). The lowest BCUT2D eigenvalue weighted by Gasteiger charge is -2.18. The van der Waals surface area contributed by atoms with Crippen LogP contribution in [-0.4, -0.2) is 24.4 Å². The molecule has 0 spiro atoms. The Morgan fingerprint density at radius 2 is 2.22 bits per heavy atom. The van der Waals surface area contributed by atoms with E-state index in [0.29, 0.717) is 31.2 Å². The van der Waals surface area contributed by atoms with Gasteiger partial charge in [-0.05, 0) is 36.5 Å². The number of aliphatic hydroxyl groups is 1. The van der Waals surface area contributed by atoms with E-state index in [1.54, 1.807) is 0 Å². The zero-order chi connectivity index (χ0) is 13.1. The first kappa shape index (κ1) is 13.9. The zero-order valence-electron chi connectivity index (χ0n) is 11.5. The molecule has 0 amide bonds. The van der Waals surface area contributed by atoms with Crippen LogP contribution in [0.2, 0.25) is 0 Å². The van der Waals surface area contributed by atoms with Crippen molar-refractivity contribution in [3.05, 3.63) is 12.3 Å². The first-order valence-electron chi connectivity index (χ1n) is 7.36. The summed E-state index contributed by atoms with van der Waals surface area (Å²) in [6.07, 6.45) is 5.84. The van der Waals surface area contributed by atoms with E-state index in [0.717, 1.165) is 17.8 Å². The van der Waals surface area contributed by atoms with Gasteiger partial charge in [0.1, 0.15) is 5.76 Å². The molecule has 2 aliphatic rings. The standard InChI is InChI=1S/C15H27NO2/c1-3-11-4-5-12-13(8-11)15(12)14(17)6-7-18-10(2)9-16/h11-15,17H,2-9,16H2,1H3. The number of hydrogen-bond donors (Lipinski definition) is 2. The number of aliphatic hydroxyl groups excluding tert-OH is 1. The van der Waals surface area contributed by atoms with E-state index in [4.69, 9.17) is 10.5 Å². The van der Waals surface area contributed by atoms with Gasteiger partial charge in [0.15, 0.2) is 0 Å². The van der Waals surface area contributed by atoms with Gasteiger partial charge in [0.05, 0.1) is 19.3 Å². The van der Waals surface area contributed by atoms with Gasteiger partial charge < -0.3 is 15.6 Å². The molecule has 0 aromatic rings. The van der Waals surface area contributed by atoms with Crippen LogP contribution in [0, 0.1) is 23.7 Å². The van der Waals surface area contributed by atoms with E-state index in [-0.39, 0.29) is 6.10 Å². The monoisotopic (exact) mass is 253 g/mol. The predicted molar refractivity (Wildman–Crippen MR) is 72.9 cm³/mol. The van der Waals surface area contributed by atoms with Crippen molar-refractivity contribution in [3.8, 4) is 0 Å². The van der Waals surface area contributed by atoms with Crippen LogP contribution in [0.15, 0.2) is 12.3 Å². The molecular formula is C15H27NO2. The number of hydrogen-bond acceptors (Lipinski definition) is 3. The molecule has 0 heterocycles. The van der Waals surface area contributed by atoms with Crippen LogP contribution >= 0.6 is 0 Å². The minimum Gasteiger partial charge on any atom is -0.497 e. The second-order valence-electron chi connectivity index (χ2n) is 5.94. The summed E-state index contributed by atoms with van der Waals surface area (Å²) in [7, 11) is 0. The average molecular weight is 253 g/mol. The van der Waals surface area contributed by atoms with Gasteiger partial charge in [-0.15, -0.1) is 0 Å². The highest BCUT2D eigenvalue weighted by Gasteiger charge is 2.55. The third-order valence-corrected chi connectivity index (χ3v) is 4.88. The van der Waals surface area contributed by atoms with Crippen molar-refractivity contribution >= 4 is 0 Å². The number of fused-ring (bicyclic) bond motifs is 1. The van der Waals surface area contributed by atoms with Gasteiger partial charge in [0.2, 0.25) is 0 Å². The Labute approximate surface area is 110 Å². The van der Waals surface area contributed by atoms with Crippen molar-refractivity contribution in [2.24, 2.45) is 29.4 Å². The lowest BCUT2D eigenvalue weighted by atomic mass is 9.88. The Morgan fingerprint density at radius 3 is 2.89 bits per heavy atom. The third kappa shape index (κ3) is 3.07. The largest absolute Gasteiger partial charge is 0.497 e. The Kier molecular flexibility index (Phi) is 4.68. The van der Waals surface area contributed by atoms with Crippen LogP contribution in [0.1, 0.15) is 39.0 Å². The fraction of sp³-hybridized carbons (Fsp3) is 0.867. The van der Waals surface area contributed by atoms with Crippen LogP contribution in [0.3, 0.4) is 0 Å². The van der Waals surface area contributed by atoms with Crippen LogP contribution < -0.4 is 5.73 Å². The Balaban J connectivity index is 1.69. The molecule has 2 aliphatic carbocycles. The summed E-state index contributed by atoms with van der Waals surface area (Å²) in [6.45, 7) is 6.89. The number of ether oxygens (including phenoxy) is 1. The fourth-order valence-corrected chi connectivity index (χ4v) is 3.66. The second-order valence-corrected chi connectivity index (χ2v) is 5.94. The maximum absolute atomic E-state index is 10.2. The Bertz CT molecular complexity index is 292. The van der Waals surface area contributed by atoms with E-state index in [2.05, 4.69) is 13.5 Å². The molecule has 2 saturated carbocycles. The smallest absolute Gasteiger partial charge is 0.102 e. The highest BCUT2D eigenvalue weighted by molar-refractivity contribution is 5.03. The average Bonchev–Trinajstić information content (AvgIpc) is 3.11. The summed E-state index contributed by atoms with van der Waals surface area (Å²) in [4.78, 5) is 0. The van der Waals surface area contributed by atoms with E-state index < -0.39 is 0 Å². The molecule has 0 radical (unpaired) electrons. The molecule has 3 nitrogen and oxygen atoms in total. The van der Waals surface area contributed by atoms with Gasteiger partial charge in [-0.3, -0.25) is 0 Å². The summed E-state index contributed by atoms with van der Waals surface area (Å²) < 4.78 is 5.36. The van der Waals surface area contributed by atoms with Gasteiger partial charge in [0, 0.05) is 6.42 Å². The molecule has 18 heavy (non-hydrogen) atoms. The van der Waals surface area contributed by atoms with Crippen LogP contribution in [-0.2, 0) is 4.74 Å². The van der Waals surface area contributed by atoms with E-state index in [1.165, 1.54) is 25.7 Å². The summed E-state index contributed by atoms with van der Waals surface area (Å²) in [6, 6.07) is 0. The summed E-state index contributed by atoms with van der Waals surface area (Å²) in [5, 5.41) is 10.2. The molecule has 2 fully saturated rings. The first-order valence-corrected chi connectivity index (χ1v) is 7.36. The third-order valence-electron chi connectivity index (χ3n) is 4.88. The summed E-state index contributed by atoms with van der Waals surface area (Å²) in [5.74, 6) is 3.63. The maximum atomic E-state index is 10.2. The summed E-state index contributed by atoms with van der Waals surface area (Å²) in [5.41, 5.74) is 5.40. The summed E-state index contributed by atoms with van der Waals surface area (Å²) >= 11 is 0. The van der Waals surface area contributed by atoms with Gasteiger partial charge in [0.25, 0.3) is 0 Å². The lowest BCUT2D eigenvalue weighted by molar-refractivity contribution is 0.0922. The molecule has 3 N–H and O–H groups in total. The minimum absolute atomic E-state index is 0.193. The van der Waals surface area contributed by atoms with Crippen LogP contribution in [0.4, 0.5) is 0 Å². The molecule has 0 aromatic heterocycles. The van der Waals surface area contributed by atoms with Crippen molar-refractivity contribution in [2.45, 2.75) is 45.1 Å². The zero-order valence-corrected chi connectivity index (χ0v) is 11.5. The topological polar surface area (TPSA) is 55.5 Å². The normalized spacial score (nSPS) is 35.7. The van der Waals surface area contributed by atoms with Crippen molar-refractivity contribution < 1.29 is 9.84 Å². The molecule has 0 aliphatic heterocycles. The SMILES string of the molecule is C=C(CN)OCCC(O)C1C2CCC(CC)CC21. The molecule has 5 unspecified atom stereocenters. The molecule has 5 atom stereocenters. The quantitative estimate of drug-likeness (QED) is 0.685. The molecular weight excluding hydrogens is 226 g/mol. The van der Waals surface area contributed by atoms with E-state index in [9.17, 15) is 5.11 Å². The van der Waals surface area contributed by atoms with Crippen molar-refractivity contribution in [1.29, 1.82) is 0 Å². The van der Waals surface area contributed by atoms with Gasteiger partial charge in [-0.1, -0.05) is 26.3 Å². The van der Waals surface area contributed by atoms with E-state index in [1.807, 2.05) is 0 Å². The van der Waals surface area contributed by atoms with Crippen LogP contribution in [0.5, 0.6) is 0 Å². The van der Waals surface area contributed by atoms with Crippen molar-refractivity contribution in [1.82, 2.24) is 0 Å². The highest BCUT2D eigenvalue weighted by Crippen LogP contribution is 2.59. The van der Waals surface area contributed by atoms with Crippen molar-refractivity contribution in [3.63, 3.8) is 0 Å². The van der Waals surface area contributed by atoms with Gasteiger partial charge in [-0.2, -0.15) is 0 Å². The molecule has 104 valence electrons. The lowest BCUT2D eigenvalue weighted by Crippen LogP contribution is -2.16. The Morgan fingerprint density at radius 1 is 1.44 bits per heavy atom. The molecule has 3 heteroatoms. The minimum atomic E-state index is -0.193. The predicted octanol–water partition coefficient (Wildman–Crippen LogP) is 2.30. The molecule has 0 aromatic carbocycles. The van der Waals surface area contributed by atoms with Crippen LogP contribution in [0.25, 0.3) is 0 Å². The van der Waals surface area contributed by atoms with Crippen molar-refractivity contribution in [2.75, 3.05) is 13.2 Å². The molecule has 0 bridgehead atoms. The number of rotatable bonds is 7. The maximum Gasteiger partial charge on any atom is 0.102 e. The first-order chi connectivity index (χ1) is 8.67. The number of nitrogens with two attached hydrogens (primary N) is 1. The molecule has 0 saturated heterocycles. The second kappa shape index (κ2) is 6.07.